The number of ether oxygens (including phenoxy) is 3. The second kappa shape index (κ2) is 8.66. The molecule has 1 atom stereocenters. The summed E-state index contributed by atoms with van der Waals surface area (Å²) in [6.07, 6.45) is 0. The van der Waals surface area contributed by atoms with Crippen LogP contribution in [0.15, 0.2) is 51.4 Å². The average Bonchev–Trinajstić information content (AvgIpc) is 3.43. The van der Waals surface area contributed by atoms with E-state index < -0.39 is 0 Å². The van der Waals surface area contributed by atoms with Gasteiger partial charge in [-0.15, -0.1) is 0 Å². The van der Waals surface area contributed by atoms with Gasteiger partial charge in [0.2, 0.25) is 0 Å². The fourth-order valence-corrected chi connectivity index (χ4v) is 3.61. The highest BCUT2D eigenvalue weighted by Crippen LogP contribution is 2.34. The van der Waals surface area contributed by atoms with Gasteiger partial charge in [-0.25, -0.2) is 0 Å². The number of rotatable bonds is 7. The molecule has 166 valence electrons. The van der Waals surface area contributed by atoms with Crippen molar-refractivity contribution in [3.05, 3.63) is 59.5 Å². The number of benzene rings is 2. The molecule has 0 spiro atoms. The van der Waals surface area contributed by atoms with E-state index in [1.54, 1.807) is 45.6 Å². The van der Waals surface area contributed by atoms with E-state index in [1.165, 1.54) is 0 Å². The molecular weight excluding hydrogens is 412 g/mol. The molecule has 0 aliphatic heterocycles. The number of nitrogens with one attached hydrogen (secondary N) is 1. The average molecular weight is 436 g/mol. The molecule has 1 unspecified atom stereocenters. The molecule has 0 radical (unpaired) electrons. The molecule has 32 heavy (non-hydrogen) atoms. The van der Waals surface area contributed by atoms with E-state index in [2.05, 4.69) is 10.5 Å². The fraction of sp³-hybridized carbons (Fsp3) is 0.250. The summed E-state index contributed by atoms with van der Waals surface area (Å²) in [6, 6.07) is 12.1. The SMILES string of the molecule is COc1ccc(OC)c(-c2cc(C(=O)NC(C)c3oc4ccc(OC)cc4c3C)no2)c1. The number of hydrogen-bond donors (Lipinski definition) is 1. The van der Waals surface area contributed by atoms with Crippen molar-refractivity contribution in [1.82, 2.24) is 10.5 Å². The van der Waals surface area contributed by atoms with Crippen LogP contribution >= 0.6 is 0 Å². The second-order valence-electron chi connectivity index (χ2n) is 7.29. The number of aryl methyl sites for hydroxylation is 1. The molecule has 1 N–H and O–H groups in total. The van der Waals surface area contributed by atoms with Gasteiger partial charge >= 0.3 is 0 Å². The Bertz CT molecular complexity index is 1270. The van der Waals surface area contributed by atoms with E-state index in [9.17, 15) is 4.79 Å². The predicted octanol–water partition coefficient (Wildman–Crippen LogP) is 4.91. The minimum atomic E-state index is -0.383. The quantitative estimate of drug-likeness (QED) is 0.440. The first-order chi connectivity index (χ1) is 15.4. The lowest BCUT2D eigenvalue weighted by atomic mass is 10.1. The van der Waals surface area contributed by atoms with Crippen LogP contribution in [0.2, 0.25) is 0 Å². The van der Waals surface area contributed by atoms with Crippen molar-refractivity contribution in [3.63, 3.8) is 0 Å². The minimum absolute atomic E-state index is 0.146. The number of amides is 1. The molecule has 2 heterocycles. The van der Waals surface area contributed by atoms with Crippen molar-refractivity contribution in [2.24, 2.45) is 0 Å². The molecule has 2 aromatic carbocycles. The number of aromatic nitrogens is 1. The highest BCUT2D eigenvalue weighted by atomic mass is 16.5. The van der Waals surface area contributed by atoms with E-state index in [-0.39, 0.29) is 17.6 Å². The summed E-state index contributed by atoms with van der Waals surface area (Å²) in [5, 5.41) is 7.78. The molecule has 0 fully saturated rings. The predicted molar refractivity (Wildman–Crippen MR) is 118 cm³/mol. The Hall–Kier alpha value is -3.94. The first kappa shape index (κ1) is 21.3. The van der Waals surface area contributed by atoms with Crippen LogP contribution < -0.4 is 19.5 Å². The molecule has 4 rings (SSSR count). The Labute approximate surface area is 185 Å². The molecule has 4 aromatic rings. The van der Waals surface area contributed by atoms with Gasteiger partial charge in [0, 0.05) is 17.0 Å². The summed E-state index contributed by atoms with van der Waals surface area (Å²) in [6.45, 7) is 3.80. The van der Waals surface area contributed by atoms with Crippen LogP contribution in [-0.4, -0.2) is 32.4 Å². The third kappa shape index (κ3) is 3.87. The zero-order valence-corrected chi connectivity index (χ0v) is 18.5. The molecule has 8 nitrogen and oxygen atoms in total. The number of carbonyl (C=O) groups is 1. The van der Waals surface area contributed by atoms with Gasteiger partial charge in [0.25, 0.3) is 5.91 Å². The van der Waals surface area contributed by atoms with E-state index in [1.807, 2.05) is 32.0 Å². The molecule has 0 bridgehead atoms. The minimum Gasteiger partial charge on any atom is -0.497 e. The van der Waals surface area contributed by atoms with Crippen LogP contribution in [0.25, 0.3) is 22.3 Å². The molecular formula is C24H24N2O6. The van der Waals surface area contributed by atoms with Crippen LogP contribution in [0, 0.1) is 6.92 Å². The van der Waals surface area contributed by atoms with Gasteiger partial charge in [0.05, 0.1) is 32.9 Å². The summed E-state index contributed by atoms with van der Waals surface area (Å²) in [7, 11) is 4.75. The maximum atomic E-state index is 12.8. The largest absolute Gasteiger partial charge is 0.497 e. The number of furan rings is 1. The highest BCUT2D eigenvalue weighted by Gasteiger charge is 2.22. The molecule has 2 aromatic heterocycles. The van der Waals surface area contributed by atoms with Crippen molar-refractivity contribution in [3.8, 4) is 28.6 Å². The lowest BCUT2D eigenvalue weighted by Gasteiger charge is -2.11. The highest BCUT2D eigenvalue weighted by molar-refractivity contribution is 5.93. The topological polar surface area (TPSA) is 96.0 Å². The van der Waals surface area contributed by atoms with Gasteiger partial charge in [-0.1, -0.05) is 5.16 Å². The van der Waals surface area contributed by atoms with Crippen molar-refractivity contribution in [1.29, 1.82) is 0 Å². The van der Waals surface area contributed by atoms with Gasteiger partial charge in [0.1, 0.15) is 28.6 Å². The Morgan fingerprint density at radius 3 is 2.44 bits per heavy atom. The first-order valence-corrected chi connectivity index (χ1v) is 10.0. The summed E-state index contributed by atoms with van der Waals surface area (Å²) >= 11 is 0. The Morgan fingerprint density at radius 2 is 1.72 bits per heavy atom. The van der Waals surface area contributed by atoms with Crippen molar-refractivity contribution < 1.29 is 27.9 Å². The zero-order valence-electron chi connectivity index (χ0n) is 18.5. The Kier molecular flexibility index (Phi) is 5.77. The van der Waals surface area contributed by atoms with E-state index in [4.69, 9.17) is 23.2 Å². The van der Waals surface area contributed by atoms with Gasteiger partial charge in [-0.2, -0.15) is 0 Å². The number of fused-ring (bicyclic) bond motifs is 1. The first-order valence-electron chi connectivity index (χ1n) is 10.0. The molecule has 0 saturated heterocycles. The lowest BCUT2D eigenvalue weighted by Crippen LogP contribution is -2.27. The normalized spacial score (nSPS) is 11.9. The smallest absolute Gasteiger partial charge is 0.274 e. The third-order valence-electron chi connectivity index (χ3n) is 5.34. The van der Waals surface area contributed by atoms with Gasteiger partial charge in [-0.3, -0.25) is 4.79 Å². The molecule has 0 saturated carbocycles. The fourth-order valence-electron chi connectivity index (χ4n) is 3.61. The maximum Gasteiger partial charge on any atom is 0.274 e. The molecule has 0 aliphatic rings. The Balaban J connectivity index is 1.56. The number of hydrogen-bond acceptors (Lipinski definition) is 7. The number of methoxy groups -OCH3 is 3. The van der Waals surface area contributed by atoms with Crippen LogP contribution in [0.5, 0.6) is 17.2 Å². The zero-order chi connectivity index (χ0) is 22.8. The van der Waals surface area contributed by atoms with Crippen molar-refractivity contribution in [2.75, 3.05) is 21.3 Å². The molecule has 0 aliphatic carbocycles. The summed E-state index contributed by atoms with van der Waals surface area (Å²) < 4.78 is 27.3. The second-order valence-corrected chi connectivity index (χ2v) is 7.29. The van der Waals surface area contributed by atoms with Gasteiger partial charge < -0.3 is 28.5 Å². The molecule has 8 heteroatoms. The third-order valence-corrected chi connectivity index (χ3v) is 5.34. The summed E-state index contributed by atoms with van der Waals surface area (Å²) in [5.41, 5.74) is 2.45. The Morgan fingerprint density at radius 1 is 1.00 bits per heavy atom. The molecule has 1 amide bonds. The lowest BCUT2D eigenvalue weighted by molar-refractivity contribution is 0.0926. The van der Waals surface area contributed by atoms with E-state index in [0.717, 1.165) is 22.3 Å². The number of nitrogens with zero attached hydrogens (tertiary/aromatic N) is 1. The van der Waals surface area contributed by atoms with Crippen LogP contribution in [-0.2, 0) is 0 Å². The monoisotopic (exact) mass is 436 g/mol. The van der Waals surface area contributed by atoms with Crippen molar-refractivity contribution in [2.45, 2.75) is 19.9 Å². The van der Waals surface area contributed by atoms with E-state index >= 15 is 0 Å². The standard InChI is InChI=1S/C24H24N2O6/c1-13-17-10-15(28-3)7-9-21(17)31-23(13)14(2)25-24(27)19-12-22(32-26-19)18-11-16(29-4)6-8-20(18)30-5/h6-12,14H,1-5H3,(H,25,27). The summed E-state index contributed by atoms with van der Waals surface area (Å²) in [5.74, 6) is 2.63. The van der Waals surface area contributed by atoms with E-state index in [0.29, 0.717) is 28.6 Å². The van der Waals surface area contributed by atoms with Crippen LogP contribution in [0.4, 0.5) is 0 Å². The maximum absolute atomic E-state index is 12.8. The van der Waals surface area contributed by atoms with Gasteiger partial charge in [0.15, 0.2) is 11.5 Å². The summed E-state index contributed by atoms with van der Waals surface area (Å²) in [4.78, 5) is 12.8. The van der Waals surface area contributed by atoms with Crippen molar-refractivity contribution >= 4 is 16.9 Å². The van der Waals surface area contributed by atoms with Gasteiger partial charge in [-0.05, 0) is 50.2 Å². The number of carbonyl (C=O) groups excluding carboxylic acids is 1. The van der Waals surface area contributed by atoms with Crippen LogP contribution in [0.1, 0.15) is 34.8 Å². The van der Waals surface area contributed by atoms with Crippen LogP contribution in [0.3, 0.4) is 0 Å².